The molecular weight excluding hydrogens is 222 g/mol. The van der Waals surface area contributed by atoms with Gasteiger partial charge in [0.15, 0.2) is 0 Å². The molecule has 3 N–H and O–H groups in total. The predicted octanol–water partition coefficient (Wildman–Crippen LogP) is 1.41. The van der Waals surface area contributed by atoms with E-state index in [4.69, 9.17) is 22.7 Å². The molecule has 16 heavy (non-hydrogen) atoms. The van der Waals surface area contributed by atoms with Crippen LogP contribution < -0.4 is 11.1 Å². The van der Waals surface area contributed by atoms with Gasteiger partial charge in [0.2, 0.25) is 0 Å². The number of nitrogens with one attached hydrogen (secondary N) is 1. The van der Waals surface area contributed by atoms with E-state index in [2.05, 4.69) is 17.2 Å². The number of hydrogen-bond acceptors (Lipinski definition) is 4. The molecule has 0 bridgehead atoms. The minimum absolute atomic E-state index is 0.385. The van der Waals surface area contributed by atoms with Crippen LogP contribution in [0, 0.1) is 5.92 Å². The topological polar surface area (TPSA) is 60.2 Å². The highest BCUT2D eigenvalue weighted by atomic mass is 32.1. The van der Waals surface area contributed by atoms with Gasteiger partial charge in [-0.05, 0) is 18.1 Å². The fourth-order valence-corrected chi connectivity index (χ4v) is 1.43. The molecule has 0 saturated heterocycles. The second kappa shape index (κ2) is 6.40. The van der Waals surface area contributed by atoms with Gasteiger partial charge in [0.05, 0.1) is 6.61 Å². The fraction of sp³-hybridized carbons (Fsp3) is 0.455. The molecule has 0 saturated carbocycles. The van der Waals surface area contributed by atoms with Gasteiger partial charge in [0, 0.05) is 25.4 Å². The molecule has 1 aromatic rings. The van der Waals surface area contributed by atoms with Crippen molar-refractivity contribution in [3.63, 3.8) is 0 Å². The normalized spacial score (nSPS) is 12.1. The molecule has 0 amide bonds. The zero-order valence-electron chi connectivity index (χ0n) is 9.56. The summed E-state index contributed by atoms with van der Waals surface area (Å²) in [6, 6.07) is 3.65. The second-order valence-electron chi connectivity index (χ2n) is 3.74. The molecule has 1 heterocycles. The van der Waals surface area contributed by atoms with E-state index in [1.165, 1.54) is 0 Å². The Hall–Kier alpha value is -1.20. The van der Waals surface area contributed by atoms with Crippen molar-refractivity contribution < 1.29 is 4.74 Å². The summed E-state index contributed by atoms with van der Waals surface area (Å²) >= 11 is 4.90. The van der Waals surface area contributed by atoms with Crippen molar-refractivity contribution in [3.8, 4) is 0 Å². The Balaban J connectivity index is 2.54. The monoisotopic (exact) mass is 239 g/mol. The Labute approximate surface area is 101 Å². The molecule has 0 radical (unpaired) electrons. The van der Waals surface area contributed by atoms with Crippen molar-refractivity contribution in [3.05, 3.63) is 23.9 Å². The van der Waals surface area contributed by atoms with E-state index in [9.17, 15) is 0 Å². The highest BCUT2D eigenvalue weighted by Gasteiger charge is 2.03. The van der Waals surface area contributed by atoms with Gasteiger partial charge in [-0.2, -0.15) is 0 Å². The summed E-state index contributed by atoms with van der Waals surface area (Å²) in [5, 5.41) is 3.22. The van der Waals surface area contributed by atoms with Crippen LogP contribution in [0.2, 0.25) is 0 Å². The van der Waals surface area contributed by atoms with Crippen LogP contribution in [-0.4, -0.2) is 30.2 Å². The third kappa shape index (κ3) is 4.12. The number of ether oxygens (including phenoxy) is 1. The maximum Gasteiger partial charge on any atom is 0.126 e. The largest absolute Gasteiger partial charge is 0.389 e. The van der Waals surface area contributed by atoms with E-state index in [0.29, 0.717) is 10.9 Å². The summed E-state index contributed by atoms with van der Waals surface area (Å²) in [5.74, 6) is 1.22. The molecule has 1 rings (SSSR count). The van der Waals surface area contributed by atoms with E-state index < -0.39 is 0 Å². The average Bonchev–Trinajstić information content (AvgIpc) is 2.27. The van der Waals surface area contributed by atoms with Gasteiger partial charge in [0.25, 0.3) is 0 Å². The molecular formula is C11H17N3OS. The van der Waals surface area contributed by atoms with Crippen LogP contribution in [0.1, 0.15) is 12.5 Å². The van der Waals surface area contributed by atoms with Crippen molar-refractivity contribution in [1.82, 2.24) is 4.98 Å². The Morgan fingerprint density at radius 2 is 2.44 bits per heavy atom. The molecule has 88 valence electrons. The second-order valence-corrected chi connectivity index (χ2v) is 4.18. The lowest BCUT2D eigenvalue weighted by Crippen LogP contribution is -2.17. The Kier molecular flexibility index (Phi) is 5.14. The van der Waals surface area contributed by atoms with Crippen molar-refractivity contribution in [2.75, 3.05) is 25.6 Å². The minimum atomic E-state index is 0.385. The Morgan fingerprint density at radius 3 is 3.06 bits per heavy atom. The molecule has 1 aromatic heterocycles. The van der Waals surface area contributed by atoms with Gasteiger partial charge in [0.1, 0.15) is 10.8 Å². The molecule has 0 aliphatic rings. The number of rotatable bonds is 6. The van der Waals surface area contributed by atoms with Crippen molar-refractivity contribution >= 4 is 23.0 Å². The van der Waals surface area contributed by atoms with E-state index in [0.717, 1.165) is 24.5 Å². The first kappa shape index (κ1) is 12.9. The zero-order chi connectivity index (χ0) is 12.0. The van der Waals surface area contributed by atoms with Gasteiger partial charge in [-0.3, -0.25) is 0 Å². The van der Waals surface area contributed by atoms with Gasteiger partial charge < -0.3 is 15.8 Å². The van der Waals surface area contributed by atoms with Crippen LogP contribution in [0.25, 0.3) is 0 Å². The molecule has 1 atom stereocenters. The number of thiocarbonyl (C=S) groups is 1. The Morgan fingerprint density at radius 1 is 1.69 bits per heavy atom. The quantitative estimate of drug-likeness (QED) is 0.735. The molecule has 0 aliphatic carbocycles. The number of hydrogen-bond donors (Lipinski definition) is 2. The summed E-state index contributed by atoms with van der Waals surface area (Å²) < 4.78 is 5.05. The molecule has 5 heteroatoms. The zero-order valence-corrected chi connectivity index (χ0v) is 10.4. The summed E-state index contributed by atoms with van der Waals surface area (Å²) in [6.07, 6.45) is 1.69. The summed E-state index contributed by atoms with van der Waals surface area (Å²) in [5.41, 5.74) is 6.37. The van der Waals surface area contributed by atoms with Crippen LogP contribution in [-0.2, 0) is 4.74 Å². The lowest BCUT2D eigenvalue weighted by molar-refractivity contribution is 0.164. The van der Waals surface area contributed by atoms with Crippen molar-refractivity contribution in [2.24, 2.45) is 11.7 Å². The van der Waals surface area contributed by atoms with E-state index in [1.807, 2.05) is 6.07 Å². The van der Waals surface area contributed by atoms with Crippen LogP contribution in [0.5, 0.6) is 0 Å². The van der Waals surface area contributed by atoms with Gasteiger partial charge in [-0.1, -0.05) is 19.1 Å². The smallest absolute Gasteiger partial charge is 0.126 e. The van der Waals surface area contributed by atoms with E-state index >= 15 is 0 Å². The van der Waals surface area contributed by atoms with Crippen LogP contribution in [0.4, 0.5) is 5.82 Å². The number of nitrogens with two attached hydrogens (primary N) is 1. The highest BCUT2D eigenvalue weighted by Crippen LogP contribution is 2.07. The SMILES string of the molecule is COCC(C)CNc1cc(C(N)=S)ccn1. The van der Waals surface area contributed by atoms with Crippen LogP contribution >= 0.6 is 12.2 Å². The number of methoxy groups -OCH3 is 1. The minimum Gasteiger partial charge on any atom is -0.389 e. The number of nitrogens with zero attached hydrogens (tertiary/aromatic N) is 1. The van der Waals surface area contributed by atoms with E-state index in [1.54, 1.807) is 19.4 Å². The molecule has 0 fully saturated rings. The molecule has 0 spiro atoms. The molecule has 0 aliphatic heterocycles. The number of anilines is 1. The Bertz CT molecular complexity index is 357. The first-order valence-electron chi connectivity index (χ1n) is 5.12. The standard InChI is InChI=1S/C11H17N3OS/c1-8(7-15-2)6-14-10-5-9(11(12)16)3-4-13-10/h3-5,8H,6-7H2,1-2H3,(H2,12,16)(H,13,14). The van der Waals surface area contributed by atoms with Gasteiger partial charge in [-0.25, -0.2) is 4.98 Å². The van der Waals surface area contributed by atoms with Crippen molar-refractivity contribution in [1.29, 1.82) is 0 Å². The maximum atomic E-state index is 5.54. The van der Waals surface area contributed by atoms with Crippen LogP contribution in [0.15, 0.2) is 18.3 Å². The molecule has 1 unspecified atom stereocenters. The van der Waals surface area contributed by atoms with Crippen LogP contribution in [0.3, 0.4) is 0 Å². The first-order valence-corrected chi connectivity index (χ1v) is 5.53. The maximum absolute atomic E-state index is 5.54. The van der Waals surface area contributed by atoms with Gasteiger partial charge >= 0.3 is 0 Å². The first-order chi connectivity index (χ1) is 7.63. The number of aromatic nitrogens is 1. The average molecular weight is 239 g/mol. The highest BCUT2D eigenvalue weighted by molar-refractivity contribution is 7.80. The van der Waals surface area contributed by atoms with Gasteiger partial charge in [-0.15, -0.1) is 0 Å². The summed E-state index contributed by atoms with van der Waals surface area (Å²) in [6.45, 7) is 3.64. The predicted molar refractivity (Wildman–Crippen MR) is 69.7 cm³/mol. The lowest BCUT2D eigenvalue weighted by Gasteiger charge is -2.12. The third-order valence-corrected chi connectivity index (χ3v) is 2.36. The summed E-state index contributed by atoms with van der Waals surface area (Å²) in [7, 11) is 1.70. The van der Waals surface area contributed by atoms with Crippen molar-refractivity contribution in [2.45, 2.75) is 6.92 Å². The molecule has 4 nitrogen and oxygen atoms in total. The third-order valence-electron chi connectivity index (χ3n) is 2.13. The number of pyridine rings is 1. The fourth-order valence-electron chi connectivity index (χ4n) is 1.30. The lowest BCUT2D eigenvalue weighted by atomic mass is 10.2. The summed E-state index contributed by atoms with van der Waals surface area (Å²) in [4.78, 5) is 4.57. The van der Waals surface area contributed by atoms with E-state index in [-0.39, 0.29) is 0 Å². The molecule has 0 aromatic carbocycles.